The quantitative estimate of drug-likeness (QED) is 0.877. The van der Waals surface area contributed by atoms with Gasteiger partial charge in [-0.15, -0.1) is 0 Å². The third-order valence-electron chi connectivity index (χ3n) is 2.82. The Labute approximate surface area is 98.7 Å². The Kier molecular flexibility index (Phi) is 4.04. The van der Waals surface area contributed by atoms with Gasteiger partial charge in [0.15, 0.2) is 17.9 Å². The van der Waals surface area contributed by atoms with Gasteiger partial charge in [-0.2, -0.15) is 0 Å². The summed E-state index contributed by atoms with van der Waals surface area (Å²) in [7, 11) is 1.70. The molecule has 5 heteroatoms. The first kappa shape index (κ1) is 12.4. The molecule has 1 saturated heterocycles. The molecule has 1 aliphatic rings. The lowest BCUT2D eigenvalue weighted by molar-refractivity contribution is -0.0528. The Morgan fingerprint density at radius 2 is 2.06 bits per heavy atom. The van der Waals surface area contributed by atoms with E-state index < -0.39 is 11.6 Å². The van der Waals surface area contributed by atoms with E-state index in [2.05, 4.69) is 5.32 Å². The first-order valence-electron chi connectivity index (χ1n) is 5.56. The second kappa shape index (κ2) is 5.53. The van der Waals surface area contributed by atoms with Crippen LogP contribution >= 0.6 is 0 Å². The molecule has 1 N–H and O–H groups in total. The van der Waals surface area contributed by atoms with Gasteiger partial charge in [-0.25, -0.2) is 8.78 Å². The molecule has 0 aromatic heterocycles. The molecule has 1 fully saturated rings. The largest absolute Gasteiger partial charge is 0.350 e. The van der Waals surface area contributed by atoms with Crippen LogP contribution in [0, 0.1) is 11.6 Å². The van der Waals surface area contributed by atoms with Gasteiger partial charge >= 0.3 is 0 Å². The number of rotatable bonds is 4. The molecule has 0 amide bonds. The minimum atomic E-state index is -0.837. The standard InChI is InChI=1S/C12H15F2NO2/c1-15-10(7-11-16-5-6-17-11)8-3-2-4-9(13)12(8)14/h2-4,10-11,15H,5-7H2,1H3. The number of hydrogen-bond acceptors (Lipinski definition) is 3. The van der Waals surface area contributed by atoms with Crippen LogP contribution in [-0.4, -0.2) is 26.6 Å². The van der Waals surface area contributed by atoms with Crippen molar-refractivity contribution in [2.45, 2.75) is 18.8 Å². The van der Waals surface area contributed by atoms with Gasteiger partial charge in [0, 0.05) is 18.0 Å². The Balaban J connectivity index is 2.13. The summed E-state index contributed by atoms with van der Waals surface area (Å²) in [6, 6.07) is 3.84. The van der Waals surface area contributed by atoms with Gasteiger partial charge in [0.1, 0.15) is 0 Å². The SMILES string of the molecule is CNC(CC1OCCO1)c1cccc(F)c1F. The van der Waals surface area contributed by atoms with E-state index in [1.165, 1.54) is 6.07 Å². The zero-order chi connectivity index (χ0) is 12.3. The van der Waals surface area contributed by atoms with E-state index in [1.807, 2.05) is 0 Å². The van der Waals surface area contributed by atoms with Crippen LogP contribution < -0.4 is 5.32 Å². The van der Waals surface area contributed by atoms with E-state index in [9.17, 15) is 8.78 Å². The van der Waals surface area contributed by atoms with Crippen molar-refractivity contribution in [3.63, 3.8) is 0 Å². The maximum Gasteiger partial charge on any atom is 0.163 e. The van der Waals surface area contributed by atoms with E-state index in [0.717, 1.165) is 6.07 Å². The number of halogens is 2. The van der Waals surface area contributed by atoms with Gasteiger partial charge in [0.25, 0.3) is 0 Å². The summed E-state index contributed by atoms with van der Waals surface area (Å²) < 4.78 is 37.3. The molecule has 2 rings (SSSR count). The number of nitrogens with one attached hydrogen (secondary N) is 1. The molecule has 1 aliphatic heterocycles. The molecule has 17 heavy (non-hydrogen) atoms. The van der Waals surface area contributed by atoms with E-state index in [4.69, 9.17) is 9.47 Å². The van der Waals surface area contributed by atoms with Gasteiger partial charge in [-0.3, -0.25) is 0 Å². The third-order valence-corrected chi connectivity index (χ3v) is 2.82. The Morgan fingerprint density at radius 3 is 2.71 bits per heavy atom. The highest BCUT2D eigenvalue weighted by Gasteiger charge is 2.24. The predicted molar refractivity (Wildman–Crippen MR) is 58.5 cm³/mol. The van der Waals surface area contributed by atoms with E-state index in [-0.39, 0.29) is 12.3 Å². The summed E-state index contributed by atoms with van der Waals surface area (Å²) in [4.78, 5) is 0. The Morgan fingerprint density at radius 1 is 1.35 bits per heavy atom. The Hall–Kier alpha value is -1.04. The molecule has 1 unspecified atom stereocenters. The summed E-state index contributed by atoms with van der Waals surface area (Å²) in [5, 5.41) is 2.95. The van der Waals surface area contributed by atoms with Crippen molar-refractivity contribution in [3.8, 4) is 0 Å². The normalized spacial score (nSPS) is 18.5. The zero-order valence-electron chi connectivity index (χ0n) is 9.58. The van der Waals surface area contributed by atoms with E-state index in [1.54, 1.807) is 13.1 Å². The summed E-state index contributed by atoms with van der Waals surface area (Å²) in [5.74, 6) is -1.65. The first-order chi connectivity index (χ1) is 8.22. The molecule has 94 valence electrons. The van der Waals surface area contributed by atoms with Crippen LogP contribution in [0.4, 0.5) is 8.78 Å². The molecule has 1 aromatic carbocycles. The highest BCUT2D eigenvalue weighted by atomic mass is 19.2. The summed E-state index contributed by atoms with van der Waals surface area (Å²) in [6.07, 6.45) is 0.103. The van der Waals surface area contributed by atoms with Crippen molar-refractivity contribution >= 4 is 0 Å². The second-order valence-electron chi connectivity index (χ2n) is 3.89. The van der Waals surface area contributed by atoms with Crippen molar-refractivity contribution in [2.75, 3.05) is 20.3 Å². The zero-order valence-corrected chi connectivity index (χ0v) is 9.58. The molecule has 1 atom stereocenters. The van der Waals surface area contributed by atoms with Crippen molar-refractivity contribution in [1.29, 1.82) is 0 Å². The van der Waals surface area contributed by atoms with Crippen LogP contribution in [0.3, 0.4) is 0 Å². The first-order valence-corrected chi connectivity index (χ1v) is 5.56. The lowest BCUT2D eigenvalue weighted by Crippen LogP contribution is -2.24. The molecule has 0 saturated carbocycles. The molecular formula is C12H15F2NO2. The minimum Gasteiger partial charge on any atom is -0.350 e. The number of benzene rings is 1. The monoisotopic (exact) mass is 243 g/mol. The maximum atomic E-state index is 13.6. The lowest BCUT2D eigenvalue weighted by Gasteiger charge is -2.20. The molecule has 0 spiro atoms. The Bertz CT molecular complexity index is 381. The van der Waals surface area contributed by atoms with Crippen molar-refractivity contribution in [3.05, 3.63) is 35.4 Å². The highest BCUT2D eigenvalue weighted by molar-refractivity contribution is 5.22. The topological polar surface area (TPSA) is 30.5 Å². The molecule has 3 nitrogen and oxygen atoms in total. The number of hydrogen-bond donors (Lipinski definition) is 1. The molecule has 0 radical (unpaired) electrons. The molecule has 1 heterocycles. The molecule has 0 bridgehead atoms. The average molecular weight is 243 g/mol. The fourth-order valence-corrected chi connectivity index (χ4v) is 1.93. The fourth-order valence-electron chi connectivity index (χ4n) is 1.93. The predicted octanol–water partition coefficient (Wildman–Crippen LogP) is 1.99. The van der Waals surface area contributed by atoms with Gasteiger partial charge in [-0.1, -0.05) is 12.1 Å². The molecular weight excluding hydrogens is 228 g/mol. The van der Waals surface area contributed by atoms with Crippen LogP contribution in [0.5, 0.6) is 0 Å². The smallest absolute Gasteiger partial charge is 0.163 e. The van der Waals surface area contributed by atoms with Crippen LogP contribution in [-0.2, 0) is 9.47 Å². The molecule has 0 aliphatic carbocycles. The van der Waals surface area contributed by atoms with Crippen LogP contribution in [0.25, 0.3) is 0 Å². The summed E-state index contributed by atoms with van der Waals surface area (Å²) in [5.41, 5.74) is 0.298. The number of ether oxygens (including phenoxy) is 2. The van der Waals surface area contributed by atoms with Crippen molar-refractivity contribution in [2.24, 2.45) is 0 Å². The van der Waals surface area contributed by atoms with Gasteiger partial charge in [0.05, 0.1) is 13.2 Å². The average Bonchev–Trinajstić information content (AvgIpc) is 2.83. The summed E-state index contributed by atoms with van der Waals surface area (Å²) >= 11 is 0. The third kappa shape index (κ3) is 2.80. The lowest BCUT2D eigenvalue weighted by atomic mass is 10.0. The fraction of sp³-hybridized carbons (Fsp3) is 0.500. The minimum absolute atomic E-state index is 0.298. The maximum absolute atomic E-state index is 13.6. The van der Waals surface area contributed by atoms with Gasteiger partial charge in [0.2, 0.25) is 0 Å². The molecule has 1 aromatic rings. The van der Waals surface area contributed by atoms with Crippen molar-refractivity contribution in [1.82, 2.24) is 5.32 Å². The van der Waals surface area contributed by atoms with Crippen LogP contribution in [0.15, 0.2) is 18.2 Å². The highest BCUT2D eigenvalue weighted by Crippen LogP contribution is 2.25. The van der Waals surface area contributed by atoms with Crippen LogP contribution in [0.2, 0.25) is 0 Å². The van der Waals surface area contributed by atoms with Gasteiger partial charge in [-0.05, 0) is 13.1 Å². The summed E-state index contributed by atoms with van der Waals surface area (Å²) in [6.45, 7) is 1.10. The van der Waals surface area contributed by atoms with Crippen LogP contribution in [0.1, 0.15) is 18.0 Å². The van der Waals surface area contributed by atoms with E-state index in [0.29, 0.717) is 25.2 Å². The second-order valence-corrected chi connectivity index (χ2v) is 3.89. The van der Waals surface area contributed by atoms with Gasteiger partial charge < -0.3 is 14.8 Å². The van der Waals surface area contributed by atoms with Crippen molar-refractivity contribution < 1.29 is 18.3 Å². The van der Waals surface area contributed by atoms with E-state index >= 15 is 0 Å².